The summed E-state index contributed by atoms with van der Waals surface area (Å²) in [5, 5.41) is 22.4. The molecule has 0 aromatic carbocycles. The van der Waals surface area contributed by atoms with Gasteiger partial charge in [-0.05, 0) is 35.7 Å². The first kappa shape index (κ1) is 13.5. The van der Waals surface area contributed by atoms with Gasteiger partial charge in [-0.25, -0.2) is 4.98 Å². The summed E-state index contributed by atoms with van der Waals surface area (Å²) in [5.41, 5.74) is 0.185. The van der Waals surface area contributed by atoms with Crippen LogP contribution in [0.25, 0.3) is 0 Å². The number of nitrogens with one attached hydrogen (secondary N) is 2. The van der Waals surface area contributed by atoms with E-state index in [2.05, 4.69) is 10.3 Å². The Morgan fingerprint density at radius 2 is 2.21 bits per heavy atom. The maximum absolute atomic E-state index is 11.8. The third-order valence-electron chi connectivity index (χ3n) is 3.69. The summed E-state index contributed by atoms with van der Waals surface area (Å²) in [7, 11) is 0. The van der Waals surface area contributed by atoms with Gasteiger partial charge in [-0.15, -0.1) is 0 Å². The van der Waals surface area contributed by atoms with Crippen LogP contribution >= 0.6 is 0 Å². The van der Waals surface area contributed by atoms with Crippen LogP contribution in [0.1, 0.15) is 29.8 Å². The fourth-order valence-electron chi connectivity index (χ4n) is 2.56. The minimum absolute atomic E-state index is 0.147. The van der Waals surface area contributed by atoms with E-state index in [0.29, 0.717) is 12.5 Å². The van der Waals surface area contributed by atoms with E-state index in [1.807, 2.05) is 0 Å². The summed E-state index contributed by atoms with van der Waals surface area (Å²) in [5.74, 6) is -0.00637. The minimum atomic E-state index is -0.574. The molecule has 2 atom stereocenters. The molecule has 0 radical (unpaired) electrons. The van der Waals surface area contributed by atoms with Crippen molar-refractivity contribution in [1.82, 2.24) is 10.3 Å². The molecular formula is C12H17N3O4. The second-order valence-corrected chi connectivity index (χ2v) is 4.86. The van der Waals surface area contributed by atoms with Gasteiger partial charge in [-0.2, -0.15) is 0 Å². The van der Waals surface area contributed by atoms with Crippen molar-refractivity contribution in [3.63, 3.8) is 0 Å². The van der Waals surface area contributed by atoms with Crippen molar-refractivity contribution in [2.24, 2.45) is 11.8 Å². The molecule has 1 aromatic rings. The number of hydrogen-bond acceptors (Lipinski definition) is 4. The molecule has 0 saturated heterocycles. The zero-order valence-electron chi connectivity index (χ0n) is 10.5. The number of H-pyrrole nitrogens is 1. The van der Waals surface area contributed by atoms with Gasteiger partial charge in [0, 0.05) is 19.2 Å². The van der Waals surface area contributed by atoms with Gasteiger partial charge in [0.2, 0.25) is 0 Å². The Kier molecular flexibility index (Phi) is 4.16. The number of aliphatic hydroxyl groups excluding tert-OH is 1. The van der Waals surface area contributed by atoms with Crippen LogP contribution in [0.15, 0.2) is 12.1 Å². The van der Waals surface area contributed by atoms with Gasteiger partial charge in [0.15, 0.2) is 5.69 Å². The van der Waals surface area contributed by atoms with E-state index in [4.69, 9.17) is 0 Å². The van der Waals surface area contributed by atoms with Crippen molar-refractivity contribution in [2.75, 3.05) is 13.2 Å². The maximum atomic E-state index is 11.8. The molecule has 1 aliphatic rings. The third-order valence-corrected chi connectivity index (χ3v) is 3.69. The van der Waals surface area contributed by atoms with E-state index in [9.17, 15) is 20.0 Å². The molecule has 2 unspecified atom stereocenters. The highest BCUT2D eigenvalue weighted by atomic mass is 16.6. The number of rotatable bonds is 5. The first-order chi connectivity index (χ1) is 9.11. The van der Waals surface area contributed by atoms with Gasteiger partial charge in [0.25, 0.3) is 5.91 Å². The second kappa shape index (κ2) is 5.83. The van der Waals surface area contributed by atoms with Gasteiger partial charge in [-0.1, -0.05) is 6.42 Å². The van der Waals surface area contributed by atoms with Crippen molar-refractivity contribution >= 4 is 11.7 Å². The predicted octanol–water partition coefficient (Wildman–Crippen LogP) is 1.06. The summed E-state index contributed by atoms with van der Waals surface area (Å²) in [6.07, 6.45) is 3.06. The average molecular weight is 267 g/mol. The number of carbonyl (C=O) groups excluding carboxylic acids is 1. The molecule has 2 rings (SSSR count). The lowest BCUT2D eigenvalue weighted by Gasteiger charge is -2.17. The summed E-state index contributed by atoms with van der Waals surface area (Å²) < 4.78 is 0. The normalized spacial score (nSPS) is 22.4. The van der Waals surface area contributed by atoms with Gasteiger partial charge in [-0.3, -0.25) is 4.79 Å². The number of aromatic nitrogens is 1. The quantitative estimate of drug-likeness (QED) is 0.547. The Morgan fingerprint density at radius 1 is 1.47 bits per heavy atom. The number of carbonyl (C=O) groups is 1. The van der Waals surface area contributed by atoms with E-state index >= 15 is 0 Å². The molecule has 1 fully saturated rings. The Hall–Kier alpha value is -1.89. The number of nitro groups is 1. The fraction of sp³-hybridized carbons (Fsp3) is 0.583. The molecule has 1 saturated carbocycles. The zero-order valence-corrected chi connectivity index (χ0v) is 10.5. The number of hydrogen-bond donors (Lipinski definition) is 3. The molecule has 0 spiro atoms. The van der Waals surface area contributed by atoms with Crippen LogP contribution in [-0.2, 0) is 0 Å². The van der Waals surface area contributed by atoms with Gasteiger partial charge < -0.3 is 20.5 Å². The maximum Gasteiger partial charge on any atom is 0.321 e. The molecule has 0 bridgehead atoms. The van der Waals surface area contributed by atoms with Crippen LogP contribution in [0.2, 0.25) is 0 Å². The highest BCUT2D eigenvalue weighted by molar-refractivity contribution is 5.92. The number of aromatic amines is 1. The molecule has 1 amide bonds. The summed E-state index contributed by atoms with van der Waals surface area (Å²) in [4.78, 5) is 24.2. The van der Waals surface area contributed by atoms with E-state index in [1.165, 1.54) is 12.1 Å². The first-order valence-electron chi connectivity index (χ1n) is 6.34. The number of nitrogens with zero attached hydrogens (tertiary/aromatic N) is 1. The van der Waals surface area contributed by atoms with E-state index in [-0.39, 0.29) is 29.9 Å². The van der Waals surface area contributed by atoms with E-state index in [1.54, 1.807) is 0 Å². The van der Waals surface area contributed by atoms with Crippen LogP contribution in [0.4, 0.5) is 5.82 Å². The van der Waals surface area contributed by atoms with Crippen molar-refractivity contribution in [3.8, 4) is 0 Å². The Morgan fingerprint density at radius 3 is 2.84 bits per heavy atom. The average Bonchev–Trinajstić information content (AvgIpc) is 3.04. The molecule has 0 aliphatic heterocycles. The monoisotopic (exact) mass is 267 g/mol. The summed E-state index contributed by atoms with van der Waals surface area (Å²) >= 11 is 0. The number of aliphatic hydroxyl groups is 1. The Labute approximate surface area is 110 Å². The third kappa shape index (κ3) is 3.11. The Bertz CT molecular complexity index is 471. The Balaban J connectivity index is 1.88. The minimum Gasteiger partial charge on any atom is -0.396 e. The van der Waals surface area contributed by atoms with Crippen LogP contribution in [0.3, 0.4) is 0 Å². The van der Waals surface area contributed by atoms with Crippen LogP contribution in [0.5, 0.6) is 0 Å². The lowest BCUT2D eigenvalue weighted by molar-refractivity contribution is -0.389. The predicted molar refractivity (Wildman–Crippen MR) is 67.7 cm³/mol. The van der Waals surface area contributed by atoms with Crippen LogP contribution in [0, 0.1) is 22.0 Å². The molecule has 3 N–H and O–H groups in total. The fourth-order valence-corrected chi connectivity index (χ4v) is 2.56. The van der Waals surface area contributed by atoms with Crippen molar-refractivity contribution in [3.05, 3.63) is 27.9 Å². The number of amides is 1. The lowest BCUT2D eigenvalue weighted by Crippen LogP contribution is -2.31. The zero-order chi connectivity index (χ0) is 13.8. The highest BCUT2D eigenvalue weighted by Gasteiger charge is 2.27. The standard InChI is InChI=1S/C12H17N3O4/c16-7-9-3-1-2-8(9)6-13-12(17)10-4-5-11(14-10)15(18)19/h4-5,8-9,14,16H,1-3,6-7H2,(H,13,17). The highest BCUT2D eigenvalue weighted by Crippen LogP contribution is 2.30. The summed E-state index contributed by atoms with van der Waals surface area (Å²) in [6.45, 7) is 0.644. The lowest BCUT2D eigenvalue weighted by atomic mass is 9.97. The van der Waals surface area contributed by atoms with Gasteiger partial charge in [0.1, 0.15) is 0 Å². The van der Waals surface area contributed by atoms with Crippen molar-refractivity contribution < 1.29 is 14.8 Å². The summed E-state index contributed by atoms with van der Waals surface area (Å²) in [6, 6.07) is 2.66. The smallest absolute Gasteiger partial charge is 0.321 e. The SMILES string of the molecule is O=C(NCC1CCCC1CO)c1ccc([N+](=O)[O-])[nH]1. The molecule has 7 nitrogen and oxygen atoms in total. The molecular weight excluding hydrogens is 250 g/mol. The van der Waals surface area contributed by atoms with E-state index < -0.39 is 4.92 Å². The largest absolute Gasteiger partial charge is 0.396 e. The topological polar surface area (TPSA) is 108 Å². The van der Waals surface area contributed by atoms with Crippen LogP contribution < -0.4 is 5.32 Å². The van der Waals surface area contributed by atoms with Crippen molar-refractivity contribution in [2.45, 2.75) is 19.3 Å². The molecule has 1 heterocycles. The van der Waals surface area contributed by atoms with Crippen LogP contribution in [-0.4, -0.2) is 34.1 Å². The molecule has 19 heavy (non-hydrogen) atoms. The second-order valence-electron chi connectivity index (χ2n) is 4.86. The molecule has 1 aliphatic carbocycles. The molecule has 104 valence electrons. The molecule has 7 heteroatoms. The molecule has 1 aromatic heterocycles. The van der Waals surface area contributed by atoms with Crippen molar-refractivity contribution in [1.29, 1.82) is 0 Å². The van der Waals surface area contributed by atoms with Gasteiger partial charge in [0.05, 0.1) is 0 Å². The van der Waals surface area contributed by atoms with Gasteiger partial charge >= 0.3 is 5.82 Å². The van der Waals surface area contributed by atoms with E-state index in [0.717, 1.165) is 19.3 Å². The first-order valence-corrected chi connectivity index (χ1v) is 6.34.